The summed E-state index contributed by atoms with van der Waals surface area (Å²) in [6.07, 6.45) is 2.62. The summed E-state index contributed by atoms with van der Waals surface area (Å²) in [6.45, 7) is 2.20. The molecule has 21 heavy (non-hydrogen) atoms. The minimum absolute atomic E-state index is 0.544. The van der Waals surface area contributed by atoms with E-state index in [9.17, 15) is 0 Å². The lowest BCUT2D eigenvalue weighted by molar-refractivity contribution is 0.322. The molecule has 116 valence electrons. The number of rotatable bonds is 6. The molecule has 0 saturated carbocycles. The minimum Gasteiger partial charge on any atom is -0.490 e. The molecule has 1 heterocycles. The average Bonchev–Trinajstić information content (AvgIpc) is 3.01. The van der Waals surface area contributed by atoms with Crippen molar-refractivity contribution in [2.24, 2.45) is 4.99 Å². The van der Waals surface area contributed by atoms with Gasteiger partial charge >= 0.3 is 0 Å². The number of hydrogen-bond donors (Lipinski definition) is 2. The Bertz CT molecular complexity index is 464. The topological polar surface area (TPSA) is 45.7 Å². The summed E-state index contributed by atoms with van der Waals surface area (Å²) in [5.74, 6) is 2.82. The van der Waals surface area contributed by atoms with E-state index in [-0.39, 0.29) is 0 Å². The van der Waals surface area contributed by atoms with Crippen LogP contribution in [-0.4, -0.2) is 43.7 Å². The minimum atomic E-state index is 0.544. The number of aliphatic imine (C=N–C) groups is 1. The van der Waals surface area contributed by atoms with Gasteiger partial charge in [-0.05, 0) is 30.7 Å². The third-order valence-electron chi connectivity index (χ3n) is 3.23. The van der Waals surface area contributed by atoms with Crippen molar-refractivity contribution in [3.8, 4) is 5.75 Å². The highest BCUT2D eigenvalue weighted by molar-refractivity contribution is 8.00. The van der Waals surface area contributed by atoms with Crippen LogP contribution in [0, 0.1) is 0 Å². The fraction of sp³-hybridized carbons (Fsp3) is 0.533. The molecule has 0 amide bonds. The number of ether oxygens (including phenoxy) is 1. The van der Waals surface area contributed by atoms with E-state index in [1.807, 2.05) is 36.0 Å². The average molecular weight is 328 g/mol. The van der Waals surface area contributed by atoms with Gasteiger partial charge in [0.15, 0.2) is 5.96 Å². The van der Waals surface area contributed by atoms with Gasteiger partial charge in [0.1, 0.15) is 12.4 Å². The van der Waals surface area contributed by atoms with E-state index in [1.54, 1.807) is 7.05 Å². The lowest BCUT2D eigenvalue weighted by atomic mass is 10.2. The Morgan fingerprint density at radius 1 is 1.43 bits per heavy atom. The van der Waals surface area contributed by atoms with Gasteiger partial charge in [0.2, 0.25) is 0 Å². The van der Waals surface area contributed by atoms with Gasteiger partial charge in [-0.2, -0.15) is 11.8 Å². The summed E-state index contributed by atoms with van der Waals surface area (Å²) in [7, 11) is 1.78. The highest BCUT2D eigenvalue weighted by atomic mass is 35.5. The van der Waals surface area contributed by atoms with Crippen LogP contribution >= 0.6 is 23.4 Å². The molecule has 2 rings (SSSR count). The predicted octanol–water partition coefficient (Wildman–Crippen LogP) is 2.78. The Morgan fingerprint density at radius 3 is 3.00 bits per heavy atom. The van der Waals surface area contributed by atoms with E-state index in [1.165, 1.54) is 18.6 Å². The van der Waals surface area contributed by atoms with Crippen molar-refractivity contribution in [1.82, 2.24) is 10.6 Å². The number of nitrogens with zero attached hydrogens (tertiary/aromatic N) is 1. The van der Waals surface area contributed by atoms with Crippen LogP contribution in [0.3, 0.4) is 0 Å². The first-order chi connectivity index (χ1) is 10.3. The molecular weight excluding hydrogens is 306 g/mol. The zero-order valence-corrected chi connectivity index (χ0v) is 13.8. The van der Waals surface area contributed by atoms with Crippen molar-refractivity contribution in [1.29, 1.82) is 0 Å². The first-order valence-electron chi connectivity index (χ1n) is 7.23. The van der Waals surface area contributed by atoms with E-state index in [4.69, 9.17) is 16.3 Å². The standard InChI is InChI=1S/C15H22ClN3OS/c1-17-15(19-11-12-5-4-10-21-12)18-8-9-20-14-7-3-2-6-13(14)16/h2-3,6-7,12H,4-5,8-11H2,1H3,(H2,17,18,19). The van der Waals surface area contributed by atoms with Gasteiger partial charge in [-0.25, -0.2) is 0 Å². The molecule has 4 nitrogen and oxygen atoms in total. The third-order valence-corrected chi connectivity index (χ3v) is 4.94. The highest BCUT2D eigenvalue weighted by Gasteiger charge is 2.15. The second-order valence-electron chi connectivity index (χ2n) is 4.79. The van der Waals surface area contributed by atoms with Gasteiger partial charge in [0.05, 0.1) is 11.6 Å². The fourth-order valence-corrected chi connectivity index (χ4v) is 3.52. The van der Waals surface area contributed by atoms with Gasteiger partial charge in [0, 0.05) is 18.8 Å². The van der Waals surface area contributed by atoms with Crippen molar-refractivity contribution in [2.45, 2.75) is 18.1 Å². The van der Waals surface area contributed by atoms with Crippen molar-refractivity contribution in [2.75, 3.05) is 32.5 Å². The van der Waals surface area contributed by atoms with Crippen LogP contribution in [0.2, 0.25) is 5.02 Å². The Hall–Kier alpha value is -1.07. The molecule has 0 spiro atoms. The molecule has 0 aliphatic carbocycles. The van der Waals surface area contributed by atoms with Gasteiger partial charge in [-0.15, -0.1) is 0 Å². The number of guanidine groups is 1. The first kappa shape index (κ1) is 16.3. The highest BCUT2D eigenvalue weighted by Crippen LogP contribution is 2.25. The van der Waals surface area contributed by atoms with Crippen LogP contribution in [0.5, 0.6) is 5.75 Å². The van der Waals surface area contributed by atoms with Crippen LogP contribution in [0.25, 0.3) is 0 Å². The largest absolute Gasteiger partial charge is 0.490 e. The number of nitrogens with one attached hydrogen (secondary N) is 2. The molecule has 0 bridgehead atoms. The predicted molar refractivity (Wildman–Crippen MR) is 91.8 cm³/mol. The van der Waals surface area contributed by atoms with E-state index in [0.29, 0.717) is 29.2 Å². The summed E-state index contributed by atoms with van der Waals surface area (Å²) in [6, 6.07) is 7.49. The number of hydrogen-bond acceptors (Lipinski definition) is 3. The molecule has 1 aromatic carbocycles. The van der Waals surface area contributed by atoms with Crippen LogP contribution in [-0.2, 0) is 0 Å². The van der Waals surface area contributed by atoms with Crippen LogP contribution in [0.4, 0.5) is 0 Å². The van der Waals surface area contributed by atoms with E-state index >= 15 is 0 Å². The Labute approximate surface area is 135 Å². The monoisotopic (exact) mass is 327 g/mol. The van der Waals surface area contributed by atoms with Crippen LogP contribution in [0.1, 0.15) is 12.8 Å². The molecule has 0 aromatic heterocycles. The van der Waals surface area contributed by atoms with E-state index in [0.717, 1.165) is 12.5 Å². The van der Waals surface area contributed by atoms with Crippen molar-refractivity contribution in [3.05, 3.63) is 29.3 Å². The zero-order valence-electron chi connectivity index (χ0n) is 12.3. The smallest absolute Gasteiger partial charge is 0.191 e. The summed E-state index contributed by atoms with van der Waals surface area (Å²) in [5.41, 5.74) is 0. The summed E-state index contributed by atoms with van der Waals surface area (Å²) >= 11 is 8.07. The molecule has 1 fully saturated rings. The molecule has 1 atom stereocenters. The maximum Gasteiger partial charge on any atom is 0.191 e. The van der Waals surface area contributed by atoms with Crippen LogP contribution in [0.15, 0.2) is 29.3 Å². The number of benzene rings is 1. The third kappa shape index (κ3) is 5.67. The fourth-order valence-electron chi connectivity index (χ4n) is 2.13. The normalized spacial score (nSPS) is 18.6. The molecule has 6 heteroatoms. The summed E-state index contributed by atoms with van der Waals surface area (Å²) in [5, 5.41) is 7.95. The maximum absolute atomic E-state index is 6.03. The molecule has 1 aliphatic rings. The molecule has 1 unspecified atom stereocenters. The molecular formula is C15H22ClN3OS. The summed E-state index contributed by atoms with van der Waals surface area (Å²) < 4.78 is 5.63. The quantitative estimate of drug-likeness (QED) is 0.479. The van der Waals surface area contributed by atoms with Crippen molar-refractivity contribution < 1.29 is 4.74 Å². The van der Waals surface area contributed by atoms with E-state index < -0.39 is 0 Å². The van der Waals surface area contributed by atoms with Gasteiger partial charge in [-0.3, -0.25) is 4.99 Å². The van der Waals surface area contributed by atoms with Gasteiger partial charge in [-0.1, -0.05) is 23.7 Å². The Morgan fingerprint density at radius 2 is 2.29 bits per heavy atom. The van der Waals surface area contributed by atoms with Crippen molar-refractivity contribution in [3.63, 3.8) is 0 Å². The molecule has 0 radical (unpaired) electrons. The Kier molecular flexibility index (Phi) is 7.03. The van der Waals surface area contributed by atoms with Crippen molar-refractivity contribution >= 4 is 29.3 Å². The number of halogens is 1. The molecule has 2 N–H and O–H groups in total. The van der Waals surface area contributed by atoms with E-state index in [2.05, 4.69) is 15.6 Å². The van der Waals surface area contributed by atoms with Gasteiger partial charge < -0.3 is 15.4 Å². The molecule has 1 aliphatic heterocycles. The Balaban J connectivity index is 1.63. The lowest BCUT2D eigenvalue weighted by Crippen LogP contribution is -2.41. The van der Waals surface area contributed by atoms with Crippen LogP contribution < -0.4 is 15.4 Å². The lowest BCUT2D eigenvalue weighted by Gasteiger charge is -2.15. The maximum atomic E-state index is 6.03. The van der Waals surface area contributed by atoms with Gasteiger partial charge in [0.25, 0.3) is 0 Å². The first-order valence-corrected chi connectivity index (χ1v) is 8.65. The number of para-hydroxylation sites is 1. The molecule has 1 saturated heterocycles. The SMILES string of the molecule is CN=C(NCCOc1ccccc1Cl)NCC1CCCS1. The molecule has 1 aromatic rings. The zero-order chi connectivity index (χ0) is 14.9. The summed E-state index contributed by atoms with van der Waals surface area (Å²) in [4.78, 5) is 4.21. The number of thioether (sulfide) groups is 1. The second kappa shape index (κ2) is 9.05. The second-order valence-corrected chi connectivity index (χ2v) is 6.61.